The average molecular weight is 273 g/mol. The molecular weight excluding hydrogens is 250 g/mol. The highest BCUT2D eigenvalue weighted by molar-refractivity contribution is 5.82. The van der Waals surface area contributed by atoms with Crippen LogP contribution in [0.2, 0.25) is 0 Å². The zero-order valence-electron chi connectivity index (χ0n) is 12.3. The van der Waals surface area contributed by atoms with Gasteiger partial charge < -0.3 is 15.1 Å². The zero-order chi connectivity index (χ0) is 14.1. The minimum Gasteiger partial charge on any atom is -0.338 e. The molecule has 1 unspecified atom stereocenters. The molecule has 0 aromatic heterocycles. The fourth-order valence-corrected chi connectivity index (χ4v) is 3.10. The van der Waals surface area contributed by atoms with Crippen LogP contribution in [0.3, 0.4) is 0 Å². The van der Waals surface area contributed by atoms with Crippen LogP contribution in [0.4, 0.5) is 0 Å². The number of nitrogens with one attached hydrogen (secondary N) is 1. The van der Waals surface area contributed by atoms with Crippen molar-refractivity contribution in [3.8, 4) is 0 Å². The highest BCUT2D eigenvalue weighted by Crippen LogP contribution is 2.18. The molecule has 108 valence electrons. The van der Waals surface area contributed by atoms with Crippen LogP contribution in [0.25, 0.3) is 0 Å². The first-order valence-corrected chi connectivity index (χ1v) is 7.44. The van der Waals surface area contributed by atoms with Crippen LogP contribution in [-0.2, 0) is 17.8 Å². The molecule has 20 heavy (non-hydrogen) atoms. The first-order chi connectivity index (χ1) is 9.65. The summed E-state index contributed by atoms with van der Waals surface area (Å²) in [6.07, 6.45) is 0.815. The van der Waals surface area contributed by atoms with Crippen LogP contribution < -0.4 is 5.32 Å². The van der Waals surface area contributed by atoms with Gasteiger partial charge in [-0.2, -0.15) is 0 Å². The van der Waals surface area contributed by atoms with Crippen molar-refractivity contribution in [2.45, 2.75) is 32.0 Å². The third kappa shape index (κ3) is 2.58. The molecule has 1 amide bonds. The summed E-state index contributed by atoms with van der Waals surface area (Å²) in [6, 6.07) is 8.79. The molecule has 1 aromatic rings. The molecule has 0 bridgehead atoms. The Kier molecular flexibility index (Phi) is 3.76. The Balaban J connectivity index is 1.67. The molecule has 4 heteroatoms. The second kappa shape index (κ2) is 5.54. The molecule has 2 heterocycles. The smallest absolute Gasteiger partial charge is 0.240 e. The fraction of sp³-hybridized carbons (Fsp3) is 0.562. The van der Waals surface area contributed by atoms with Crippen molar-refractivity contribution in [2.24, 2.45) is 0 Å². The van der Waals surface area contributed by atoms with E-state index in [1.165, 1.54) is 11.1 Å². The van der Waals surface area contributed by atoms with E-state index in [2.05, 4.69) is 48.5 Å². The Morgan fingerprint density at radius 1 is 1.25 bits per heavy atom. The van der Waals surface area contributed by atoms with E-state index in [1.807, 2.05) is 4.90 Å². The number of carbonyl (C=O) groups excluding carboxylic acids is 1. The van der Waals surface area contributed by atoms with Crippen molar-refractivity contribution < 1.29 is 4.79 Å². The van der Waals surface area contributed by atoms with Crippen LogP contribution in [-0.4, -0.2) is 54.5 Å². The minimum absolute atomic E-state index is 0.0551. The van der Waals surface area contributed by atoms with E-state index in [-0.39, 0.29) is 11.9 Å². The molecule has 1 N–H and O–H groups in total. The van der Waals surface area contributed by atoms with E-state index in [0.717, 1.165) is 32.6 Å². The van der Waals surface area contributed by atoms with Crippen LogP contribution in [0.15, 0.2) is 24.3 Å². The number of fused-ring (bicyclic) bond motifs is 1. The van der Waals surface area contributed by atoms with Crippen LogP contribution in [0.5, 0.6) is 0 Å². The number of carbonyl (C=O) groups is 1. The van der Waals surface area contributed by atoms with Gasteiger partial charge in [-0.1, -0.05) is 24.3 Å². The van der Waals surface area contributed by atoms with Crippen molar-refractivity contribution in [1.82, 2.24) is 15.1 Å². The lowest BCUT2D eigenvalue weighted by Crippen LogP contribution is -2.57. The van der Waals surface area contributed by atoms with Crippen molar-refractivity contribution in [3.05, 3.63) is 35.4 Å². The molecule has 0 radical (unpaired) electrons. The summed E-state index contributed by atoms with van der Waals surface area (Å²) < 4.78 is 0. The lowest BCUT2D eigenvalue weighted by atomic mass is 9.95. The van der Waals surface area contributed by atoms with Crippen LogP contribution >= 0.6 is 0 Å². The van der Waals surface area contributed by atoms with Crippen molar-refractivity contribution in [1.29, 1.82) is 0 Å². The zero-order valence-corrected chi connectivity index (χ0v) is 12.3. The largest absolute Gasteiger partial charge is 0.338 e. The van der Waals surface area contributed by atoms with Gasteiger partial charge in [0.15, 0.2) is 0 Å². The number of rotatable bonds is 1. The van der Waals surface area contributed by atoms with Gasteiger partial charge in [-0.25, -0.2) is 0 Å². The van der Waals surface area contributed by atoms with Gasteiger partial charge >= 0.3 is 0 Å². The topological polar surface area (TPSA) is 35.6 Å². The third-order valence-corrected chi connectivity index (χ3v) is 4.65. The summed E-state index contributed by atoms with van der Waals surface area (Å²) in [5.74, 6) is 0.263. The Bertz CT molecular complexity index is 502. The van der Waals surface area contributed by atoms with Gasteiger partial charge in [-0.3, -0.25) is 4.79 Å². The van der Waals surface area contributed by atoms with E-state index in [0.29, 0.717) is 6.04 Å². The van der Waals surface area contributed by atoms with Crippen LogP contribution in [0, 0.1) is 0 Å². The van der Waals surface area contributed by atoms with Gasteiger partial charge in [-0.15, -0.1) is 0 Å². The molecule has 2 aliphatic rings. The molecule has 1 fully saturated rings. The van der Waals surface area contributed by atoms with Gasteiger partial charge in [0, 0.05) is 32.2 Å². The maximum Gasteiger partial charge on any atom is 0.240 e. The van der Waals surface area contributed by atoms with E-state index >= 15 is 0 Å². The predicted octanol–water partition coefficient (Wildman–Crippen LogP) is 0.863. The monoisotopic (exact) mass is 273 g/mol. The number of benzene rings is 1. The predicted molar refractivity (Wildman–Crippen MR) is 79.4 cm³/mol. The fourth-order valence-electron chi connectivity index (χ4n) is 3.10. The number of hydrogen-bond acceptors (Lipinski definition) is 3. The Labute approximate surface area is 120 Å². The molecular formula is C16H23N3O. The lowest BCUT2D eigenvalue weighted by Gasteiger charge is -2.40. The Morgan fingerprint density at radius 2 is 2.00 bits per heavy atom. The molecule has 1 aromatic carbocycles. The number of hydrogen-bond donors (Lipinski definition) is 1. The van der Waals surface area contributed by atoms with E-state index in [9.17, 15) is 4.79 Å². The summed E-state index contributed by atoms with van der Waals surface area (Å²) >= 11 is 0. The molecule has 0 spiro atoms. The maximum absolute atomic E-state index is 12.7. The van der Waals surface area contributed by atoms with E-state index in [1.54, 1.807) is 0 Å². The number of likely N-dealkylation sites (N-methyl/N-ethyl adjacent to an activating group) is 1. The normalized spacial score (nSPS) is 27.2. The molecule has 2 atom stereocenters. The first-order valence-electron chi connectivity index (χ1n) is 7.44. The second-order valence-electron chi connectivity index (χ2n) is 6.02. The molecule has 0 aliphatic carbocycles. The molecule has 4 nitrogen and oxygen atoms in total. The van der Waals surface area contributed by atoms with Crippen molar-refractivity contribution in [2.75, 3.05) is 26.7 Å². The van der Waals surface area contributed by atoms with Gasteiger partial charge in [-0.05, 0) is 31.5 Å². The van der Waals surface area contributed by atoms with Gasteiger partial charge in [0.25, 0.3) is 0 Å². The highest BCUT2D eigenvalue weighted by Gasteiger charge is 2.31. The highest BCUT2D eigenvalue weighted by atomic mass is 16.2. The van der Waals surface area contributed by atoms with Crippen molar-refractivity contribution >= 4 is 5.91 Å². The Morgan fingerprint density at radius 3 is 2.75 bits per heavy atom. The third-order valence-electron chi connectivity index (χ3n) is 4.65. The number of amides is 1. The standard InChI is InChI=1S/C16H23N3O/c1-12-11-19(8-7-18(12)2)16(20)15-9-13-5-3-4-6-14(13)10-17-15/h3-6,12,15,17H,7-11H2,1-2H3/t12?,15-/m0/s1. The maximum atomic E-state index is 12.7. The summed E-state index contributed by atoms with van der Waals surface area (Å²) in [5, 5.41) is 3.39. The summed E-state index contributed by atoms with van der Waals surface area (Å²) in [7, 11) is 2.13. The number of piperazine rings is 1. The van der Waals surface area contributed by atoms with Gasteiger partial charge in [0.05, 0.1) is 6.04 Å². The van der Waals surface area contributed by atoms with Gasteiger partial charge in [0.1, 0.15) is 0 Å². The summed E-state index contributed by atoms with van der Waals surface area (Å²) in [5.41, 5.74) is 2.63. The average Bonchev–Trinajstić information content (AvgIpc) is 2.49. The summed E-state index contributed by atoms with van der Waals surface area (Å²) in [4.78, 5) is 17.0. The van der Waals surface area contributed by atoms with Crippen LogP contribution in [0.1, 0.15) is 18.1 Å². The SMILES string of the molecule is CC1CN(C(=O)[C@@H]2Cc3ccccc3CN2)CCN1C. The van der Waals surface area contributed by atoms with E-state index < -0.39 is 0 Å². The second-order valence-corrected chi connectivity index (χ2v) is 6.02. The first kappa shape index (κ1) is 13.6. The molecule has 0 saturated carbocycles. The van der Waals surface area contributed by atoms with Crippen molar-refractivity contribution in [3.63, 3.8) is 0 Å². The lowest BCUT2D eigenvalue weighted by molar-refractivity contribution is -0.136. The summed E-state index contributed by atoms with van der Waals surface area (Å²) in [6.45, 7) is 5.64. The number of nitrogens with zero attached hydrogens (tertiary/aromatic N) is 2. The quantitative estimate of drug-likeness (QED) is 0.824. The molecule has 3 rings (SSSR count). The molecule has 2 aliphatic heterocycles. The Hall–Kier alpha value is -1.39. The molecule has 1 saturated heterocycles. The minimum atomic E-state index is -0.0551. The van der Waals surface area contributed by atoms with E-state index in [4.69, 9.17) is 0 Å². The van der Waals surface area contributed by atoms with Gasteiger partial charge in [0.2, 0.25) is 5.91 Å².